The molecule has 0 bridgehead atoms. The van der Waals surface area contributed by atoms with Crippen molar-refractivity contribution >= 4 is 5.97 Å². The fourth-order valence-corrected chi connectivity index (χ4v) is 2.82. The quantitative estimate of drug-likeness (QED) is 0.574. The van der Waals surface area contributed by atoms with E-state index in [0.717, 1.165) is 25.8 Å². The summed E-state index contributed by atoms with van der Waals surface area (Å²) in [7, 11) is 3.97. The summed E-state index contributed by atoms with van der Waals surface area (Å²) >= 11 is 0. The van der Waals surface area contributed by atoms with E-state index in [9.17, 15) is 9.90 Å². The molecule has 0 aromatic rings. The molecule has 2 atom stereocenters. The number of esters is 1. The lowest BCUT2D eigenvalue weighted by Gasteiger charge is -2.42. The van der Waals surface area contributed by atoms with Crippen LogP contribution in [0.1, 0.15) is 46.5 Å². The van der Waals surface area contributed by atoms with Crippen molar-refractivity contribution in [1.82, 2.24) is 4.90 Å². The third kappa shape index (κ3) is 6.76. The number of nitrogens with zero attached hydrogens (tertiary/aromatic N) is 1. The molecule has 5 nitrogen and oxygen atoms in total. The monoisotopic (exact) mass is 301 g/mol. The Morgan fingerprint density at radius 2 is 2.14 bits per heavy atom. The molecule has 0 aromatic heterocycles. The predicted molar refractivity (Wildman–Crippen MR) is 82.1 cm³/mol. The third-order valence-corrected chi connectivity index (χ3v) is 4.09. The normalized spacial score (nSPS) is 24.6. The van der Waals surface area contributed by atoms with Crippen molar-refractivity contribution in [2.45, 2.75) is 57.7 Å². The number of hydrogen-bond donors (Lipinski definition) is 1. The van der Waals surface area contributed by atoms with Crippen molar-refractivity contribution in [3.8, 4) is 0 Å². The molecule has 1 saturated heterocycles. The summed E-state index contributed by atoms with van der Waals surface area (Å²) in [6, 6.07) is 0. The summed E-state index contributed by atoms with van der Waals surface area (Å²) in [5.74, 6) is -0.251. The maximum absolute atomic E-state index is 11.9. The number of carbonyl (C=O) groups excluding carboxylic acids is 1. The van der Waals surface area contributed by atoms with E-state index >= 15 is 0 Å². The number of hydrogen-bond acceptors (Lipinski definition) is 5. The van der Waals surface area contributed by atoms with Crippen LogP contribution in [0.2, 0.25) is 0 Å². The van der Waals surface area contributed by atoms with E-state index in [2.05, 4.69) is 0 Å². The Labute approximate surface area is 128 Å². The summed E-state index contributed by atoms with van der Waals surface area (Å²) in [4.78, 5) is 13.9. The standard InChI is InChI=1S/C16H31NO4/c1-15(2)11-13(7-10-21-15)16(3,19)12-14(18)20-9-6-8-17(4)5/h13,19H,6-12H2,1-5H3/t13-,16-/m0/s1. The molecule has 1 rings (SSSR count). The molecule has 1 fully saturated rings. The molecule has 0 unspecified atom stereocenters. The summed E-state index contributed by atoms with van der Waals surface area (Å²) in [6.45, 7) is 7.71. The van der Waals surface area contributed by atoms with Crippen LogP contribution in [0, 0.1) is 5.92 Å². The summed E-state index contributed by atoms with van der Waals surface area (Å²) in [6.07, 6.45) is 2.40. The van der Waals surface area contributed by atoms with E-state index in [1.54, 1.807) is 6.92 Å². The zero-order chi connectivity index (χ0) is 16.1. The van der Waals surface area contributed by atoms with Crippen LogP contribution in [-0.2, 0) is 14.3 Å². The smallest absolute Gasteiger partial charge is 0.308 e. The van der Waals surface area contributed by atoms with E-state index in [-0.39, 0.29) is 23.9 Å². The van der Waals surface area contributed by atoms with Gasteiger partial charge < -0.3 is 19.5 Å². The SMILES string of the molecule is CN(C)CCCOC(=O)C[C@](C)(O)[C@H]1CCOC(C)(C)C1. The van der Waals surface area contributed by atoms with Crippen molar-refractivity contribution in [1.29, 1.82) is 0 Å². The number of ether oxygens (including phenoxy) is 2. The van der Waals surface area contributed by atoms with Crippen LogP contribution in [0.4, 0.5) is 0 Å². The number of carbonyl (C=O) groups is 1. The van der Waals surface area contributed by atoms with Gasteiger partial charge in [-0.2, -0.15) is 0 Å². The molecule has 0 saturated carbocycles. The molecule has 1 N–H and O–H groups in total. The molecule has 0 aliphatic carbocycles. The average Bonchev–Trinajstić information content (AvgIpc) is 2.32. The van der Waals surface area contributed by atoms with Crippen LogP contribution in [0.5, 0.6) is 0 Å². The largest absolute Gasteiger partial charge is 0.466 e. The molecule has 1 aliphatic heterocycles. The van der Waals surface area contributed by atoms with Crippen LogP contribution in [0.25, 0.3) is 0 Å². The Bertz CT molecular complexity index is 339. The third-order valence-electron chi connectivity index (χ3n) is 4.09. The van der Waals surface area contributed by atoms with Crippen molar-refractivity contribution in [2.75, 3.05) is 33.9 Å². The van der Waals surface area contributed by atoms with Crippen LogP contribution < -0.4 is 0 Å². The van der Waals surface area contributed by atoms with Gasteiger partial charge in [0.15, 0.2) is 0 Å². The van der Waals surface area contributed by atoms with E-state index in [1.807, 2.05) is 32.8 Å². The molecular weight excluding hydrogens is 270 g/mol. The molecule has 0 amide bonds. The van der Waals surface area contributed by atoms with E-state index in [4.69, 9.17) is 9.47 Å². The zero-order valence-corrected chi connectivity index (χ0v) is 14.1. The molecule has 0 spiro atoms. The van der Waals surface area contributed by atoms with Gasteiger partial charge in [0.05, 0.1) is 24.2 Å². The van der Waals surface area contributed by atoms with Gasteiger partial charge in [-0.1, -0.05) is 0 Å². The van der Waals surface area contributed by atoms with Crippen molar-refractivity contribution in [3.05, 3.63) is 0 Å². The first-order valence-corrected chi connectivity index (χ1v) is 7.79. The van der Waals surface area contributed by atoms with Gasteiger partial charge in [-0.15, -0.1) is 0 Å². The second-order valence-corrected chi connectivity index (χ2v) is 7.21. The van der Waals surface area contributed by atoms with Gasteiger partial charge >= 0.3 is 5.97 Å². The van der Waals surface area contributed by atoms with E-state index < -0.39 is 5.60 Å². The Morgan fingerprint density at radius 1 is 1.48 bits per heavy atom. The van der Waals surface area contributed by atoms with Crippen LogP contribution in [0.3, 0.4) is 0 Å². The minimum absolute atomic E-state index is 0.0513. The molecule has 21 heavy (non-hydrogen) atoms. The maximum Gasteiger partial charge on any atom is 0.308 e. The maximum atomic E-state index is 11.9. The van der Waals surface area contributed by atoms with Crippen LogP contribution in [-0.4, -0.2) is 61.0 Å². The second kappa shape index (κ2) is 7.56. The average molecular weight is 301 g/mol. The number of rotatable bonds is 7. The van der Waals surface area contributed by atoms with Crippen molar-refractivity contribution < 1.29 is 19.4 Å². The predicted octanol–water partition coefficient (Wildman–Crippen LogP) is 1.83. The van der Waals surface area contributed by atoms with Gasteiger partial charge in [0.1, 0.15) is 0 Å². The molecule has 5 heteroatoms. The van der Waals surface area contributed by atoms with Crippen LogP contribution in [0.15, 0.2) is 0 Å². The minimum Gasteiger partial charge on any atom is -0.466 e. The van der Waals surface area contributed by atoms with Gasteiger partial charge in [0, 0.05) is 13.2 Å². The molecular formula is C16H31NO4. The van der Waals surface area contributed by atoms with Crippen molar-refractivity contribution in [3.63, 3.8) is 0 Å². The number of aliphatic hydroxyl groups is 1. The van der Waals surface area contributed by atoms with Gasteiger partial charge in [0.2, 0.25) is 0 Å². The first-order valence-electron chi connectivity index (χ1n) is 7.79. The summed E-state index contributed by atoms with van der Waals surface area (Å²) in [5.41, 5.74) is -1.26. The Kier molecular flexibility index (Phi) is 6.63. The van der Waals surface area contributed by atoms with Gasteiger partial charge in [-0.05, 0) is 60.0 Å². The van der Waals surface area contributed by atoms with Crippen LogP contribution >= 0.6 is 0 Å². The highest BCUT2D eigenvalue weighted by Crippen LogP contribution is 2.37. The second-order valence-electron chi connectivity index (χ2n) is 7.21. The first-order chi connectivity index (χ1) is 9.62. The van der Waals surface area contributed by atoms with Gasteiger partial charge in [-0.3, -0.25) is 4.79 Å². The Balaban J connectivity index is 2.38. The van der Waals surface area contributed by atoms with E-state index in [0.29, 0.717) is 13.2 Å². The molecule has 0 aromatic carbocycles. The minimum atomic E-state index is -1.03. The Hall–Kier alpha value is -0.650. The topological polar surface area (TPSA) is 59.0 Å². The van der Waals surface area contributed by atoms with Gasteiger partial charge in [-0.25, -0.2) is 0 Å². The highest BCUT2D eigenvalue weighted by molar-refractivity contribution is 5.70. The molecule has 0 radical (unpaired) electrons. The van der Waals surface area contributed by atoms with Crippen molar-refractivity contribution in [2.24, 2.45) is 5.92 Å². The molecule has 1 heterocycles. The fourth-order valence-electron chi connectivity index (χ4n) is 2.82. The molecule has 124 valence electrons. The fraction of sp³-hybridized carbons (Fsp3) is 0.938. The summed E-state index contributed by atoms with van der Waals surface area (Å²) in [5, 5.41) is 10.6. The Morgan fingerprint density at radius 3 is 2.71 bits per heavy atom. The molecule has 1 aliphatic rings. The highest BCUT2D eigenvalue weighted by Gasteiger charge is 2.40. The van der Waals surface area contributed by atoms with Gasteiger partial charge in [0.25, 0.3) is 0 Å². The van der Waals surface area contributed by atoms with E-state index in [1.165, 1.54) is 0 Å². The lowest BCUT2D eigenvalue weighted by Crippen LogP contribution is -2.45. The summed E-state index contributed by atoms with van der Waals surface area (Å²) < 4.78 is 10.9. The lowest BCUT2D eigenvalue weighted by atomic mass is 9.76. The zero-order valence-electron chi connectivity index (χ0n) is 14.1. The lowest BCUT2D eigenvalue weighted by molar-refractivity contribution is -0.158. The highest BCUT2D eigenvalue weighted by atomic mass is 16.5. The first kappa shape index (κ1) is 18.4.